The van der Waals surface area contributed by atoms with Crippen LogP contribution in [0.4, 0.5) is 0 Å². The molecule has 1 aliphatic rings. The molecule has 1 aliphatic heterocycles. The number of pyridine rings is 1. The maximum Gasteiger partial charge on any atom is 0.255 e. The molecule has 0 unspecified atom stereocenters. The molecule has 3 aromatic rings. The van der Waals surface area contributed by atoms with Crippen LogP contribution in [0.1, 0.15) is 17.3 Å². The first-order chi connectivity index (χ1) is 14.8. The van der Waals surface area contributed by atoms with E-state index in [1.165, 1.54) is 34.5 Å². The second-order valence-corrected chi connectivity index (χ2v) is 11.3. The Morgan fingerprint density at radius 1 is 1.00 bits per heavy atom. The van der Waals surface area contributed by atoms with Gasteiger partial charge < -0.3 is 9.88 Å². The lowest BCUT2D eigenvalue weighted by atomic mass is 10.2. The van der Waals surface area contributed by atoms with Crippen LogP contribution in [0, 0.1) is 0 Å². The molecular formula is C20H22N4O5S2. The van der Waals surface area contributed by atoms with Crippen molar-refractivity contribution in [3.63, 3.8) is 0 Å². The van der Waals surface area contributed by atoms with Crippen molar-refractivity contribution < 1.29 is 21.6 Å². The number of amides is 1. The van der Waals surface area contributed by atoms with Gasteiger partial charge in [-0.25, -0.2) is 21.8 Å². The lowest BCUT2D eigenvalue weighted by Gasteiger charge is -2.34. The summed E-state index contributed by atoms with van der Waals surface area (Å²) in [6.45, 7) is 2.09. The lowest BCUT2D eigenvalue weighted by molar-refractivity contribution is 0.0694. The van der Waals surface area contributed by atoms with Crippen LogP contribution in [0.15, 0.2) is 58.6 Å². The highest BCUT2D eigenvalue weighted by atomic mass is 32.2. The third-order valence-electron chi connectivity index (χ3n) is 5.39. The van der Waals surface area contributed by atoms with Gasteiger partial charge in [-0.05, 0) is 24.3 Å². The van der Waals surface area contributed by atoms with Gasteiger partial charge in [0.2, 0.25) is 10.0 Å². The van der Waals surface area contributed by atoms with Crippen LogP contribution in [0.25, 0.3) is 11.0 Å². The maximum atomic E-state index is 13.1. The average Bonchev–Trinajstić information content (AvgIpc) is 3.24. The van der Waals surface area contributed by atoms with Crippen molar-refractivity contribution in [3.8, 4) is 0 Å². The molecule has 2 aromatic heterocycles. The van der Waals surface area contributed by atoms with E-state index in [0.717, 1.165) is 0 Å². The van der Waals surface area contributed by atoms with Gasteiger partial charge in [-0.15, -0.1) is 0 Å². The van der Waals surface area contributed by atoms with Crippen molar-refractivity contribution in [3.05, 3.63) is 54.4 Å². The van der Waals surface area contributed by atoms with Crippen LogP contribution in [0.2, 0.25) is 0 Å². The van der Waals surface area contributed by atoms with Crippen molar-refractivity contribution in [2.24, 2.45) is 0 Å². The number of H-pyrrole nitrogens is 1. The first-order valence-electron chi connectivity index (χ1n) is 9.79. The van der Waals surface area contributed by atoms with Gasteiger partial charge in [0.25, 0.3) is 5.91 Å². The van der Waals surface area contributed by atoms with Gasteiger partial charge in [0.15, 0.2) is 9.84 Å². The van der Waals surface area contributed by atoms with Crippen molar-refractivity contribution >= 4 is 36.8 Å². The van der Waals surface area contributed by atoms with Crippen LogP contribution in [-0.4, -0.2) is 73.8 Å². The normalized spacial score (nSPS) is 16.0. The van der Waals surface area contributed by atoms with Gasteiger partial charge in [0, 0.05) is 44.0 Å². The Labute approximate surface area is 180 Å². The molecule has 0 radical (unpaired) electrons. The second kappa shape index (κ2) is 8.06. The highest BCUT2D eigenvalue weighted by molar-refractivity contribution is 7.91. The number of rotatable bonds is 5. The van der Waals surface area contributed by atoms with E-state index >= 15 is 0 Å². The Hall–Kier alpha value is -2.76. The first kappa shape index (κ1) is 21.5. The van der Waals surface area contributed by atoms with E-state index < -0.39 is 25.8 Å². The molecule has 1 fully saturated rings. The summed E-state index contributed by atoms with van der Waals surface area (Å²) < 4.78 is 52.3. The fourth-order valence-corrected chi connectivity index (χ4v) is 6.32. The zero-order valence-electron chi connectivity index (χ0n) is 16.9. The Balaban J connectivity index is 1.54. The molecular weight excluding hydrogens is 440 g/mol. The fourth-order valence-electron chi connectivity index (χ4n) is 3.66. The molecule has 0 saturated carbocycles. The molecule has 164 valence electrons. The number of fused-ring (bicyclic) bond motifs is 1. The summed E-state index contributed by atoms with van der Waals surface area (Å²) in [6.07, 6.45) is 3.01. The van der Waals surface area contributed by atoms with E-state index in [2.05, 4.69) is 9.97 Å². The number of carbonyl (C=O) groups excluding carboxylic acids is 1. The molecule has 0 aliphatic carbocycles. The van der Waals surface area contributed by atoms with Crippen molar-refractivity contribution in [2.45, 2.75) is 16.7 Å². The Morgan fingerprint density at radius 3 is 2.42 bits per heavy atom. The SMILES string of the molecule is CCS(=O)(=O)c1ccccc1C(=O)N1CCN(S(=O)(=O)c2c[nH]c3ncccc23)CC1. The topological polar surface area (TPSA) is 121 Å². The second-order valence-electron chi connectivity index (χ2n) is 7.15. The van der Waals surface area contributed by atoms with Gasteiger partial charge >= 0.3 is 0 Å². The van der Waals surface area contributed by atoms with E-state index in [-0.39, 0.29) is 47.3 Å². The van der Waals surface area contributed by atoms with E-state index in [1.54, 1.807) is 30.5 Å². The summed E-state index contributed by atoms with van der Waals surface area (Å²) >= 11 is 0. The standard InChI is InChI=1S/C20H22N4O5S2/c1-2-30(26,27)17-8-4-3-6-16(17)20(25)23-10-12-24(13-11-23)31(28,29)18-14-22-19-15(18)7-5-9-21-19/h3-9,14H,2,10-13H2,1H3,(H,21,22). The molecule has 31 heavy (non-hydrogen) atoms. The Bertz CT molecular complexity index is 1340. The molecule has 0 spiro atoms. The first-order valence-corrected chi connectivity index (χ1v) is 12.9. The van der Waals surface area contributed by atoms with Crippen LogP contribution >= 0.6 is 0 Å². The van der Waals surface area contributed by atoms with Crippen molar-refractivity contribution in [1.29, 1.82) is 0 Å². The number of nitrogens with one attached hydrogen (secondary N) is 1. The van der Waals surface area contributed by atoms with Gasteiger partial charge in [0.05, 0.1) is 16.2 Å². The molecule has 11 heteroatoms. The number of nitrogens with zero attached hydrogens (tertiary/aromatic N) is 3. The summed E-state index contributed by atoms with van der Waals surface area (Å²) in [6, 6.07) is 9.49. The molecule has 1 N–H and O–H groups in total. The molecule has 1 saturated heterocycles. The number of benzene rings is 1. The number of sulfonamides is 1. The number of piperazine rings is 1. The monoisotopic (exact) mass is 462 g/mol. The third kappa shape index (κ3) is 3.84. The van der Waals surface area contributed by atoms with Gasteiger partial charge in [-0.1, -0.05) is 19.1 Å². The van der Waals surface area contributed by atoms with Crippen LogP contribution in [-0.2, 0) is 19.9 Å². The zero-order chi connectivity index (χ0) is 22.2. The minimum atomic E-state index is -3.77. The number of carbonyl (C=O) groups is 1. The summed E-state index contributed by atoms with van der Waals surface area (Å²) in [5, 5.41) is 0.514. The van der Waals surface area contributed by atoms with E-state index in [9.17, 15) is 21.6 Å². The molecule has 0 atom stereocenters. The predicted molar refractivity (Wildman–Crippen MR) is 115 cm³/mol. The number of sulfone groups is 1. The fraction of sp³-hybridized carbons (Fsp3) is 0.300. The van der Waals surface area contributed by atoms with E-state index in [0.29, 0.717) is 11.0 Å². The minimum absolute atomic E-state index is 0.00356. The molecule has 1 amide bonds. The Kier molecular flexibility index (Phi) is 5.58. The number of hydrogen-bond donors (Lipinski definition) is 1. The molecule has 3 heterocycles. The van der Waals surface area contributed by atoms with Crippen molar-refractivity contribution in [2.75, 3.05) is 31.9 Å². The van der Waals surface area contributed by atoms with Crippen molar-refractivity contribution in [1.82, 2.24) is 19.2 Å². The molecule has 1 aromatic carbocycles. The number of hydrogen-bond acceptors (Lipinski definition) is 6. The number of aromatic amines is 1. The largest absolute Gasteiger partial charge is 0.345 e. The summed E-state index contributed by atoms with van der Waals surface area (Å²) in [7, 11) is -7.33. The number of aromatic nitrogens is 2. The zero-order valence-corrected chi connectivity index (χ0v) is 18.5. The minimum Gasteiger partial charge on any atom is -0.345 e. The van der Waals surface area contributed by atoms with Crippen LogP contribution < -0.4 is 0 Å². The molecule has 0 bridgehead atoms. The summed E-state index contributed by atoms with van der Waals surface area (Å²) in [5.74, 6) is -0.524. The van der Waals surface area contributed by atoms with E-state index in [1.807, 2.05) is 0 Å². The van der Waals surface area contributed by atoms with Gasteiger partial charge in [0.1, 0.15) is 10.5 Å². The smallest absolute Gasteiger partial charge is 0.255 e. The molecule has 4 rings (SSSR count). The van der Waals surface area contributed by atoms with Gasteiger partial charge in [-0.2, -0.15) is 4.31 Å². The third-order valence-corrected chi connectivity index (χ3v) is 9.11. The molecule has 9 nitrogen and oxygen atoms in total. The van der Waals surface area contributed by atoms with E-state index in [4.69, 9.17) is 0 Å². The predicted octanol–water partition coefficient (Wildman–Crippen LogP) is 1.50. The maximum absolute atomic E-state index is 13.1. The highest BCUT2D eigenvalue weighted by Crippen LogP contribution is 2.26. The average molecular weight is 463 g/mol. The Morgan fingerprint density at radius 2 is 1.71 bits per heavy atom. The van der Waals surface area contributed by atoms with Crippen LogP contribution in [0.5, 0.6) is 0 Å². The quantitative estimate of drug-likeness (QED) is 0.614. The highest BCUT2D eigenvalue weighted by Gasteiger charge is 2.33. The summed E-state index contributed by atoms with van der Waals surface area (Å²) in [4.78, 5) is 21.7. The van der Waals surface area contributed by atoms with Gasteiger partial charge in [-0.3, -0.25) is 4.79 Å². The summed E-state index contributed by atoms with van der Waals surface area (Å²) in [5.41, 5.74) is 0.604. The lowest BCUT2D eigenvalue weighted by Crippen LogP contribution is -2.50. The van der Waals surface area contributed by atoms with Crippen LogP contribution in [0.3, 0.4) is 0 Å².